The van der Waals surface area contributed by atoms with Crippen molar-refractivity contribution in [3.8, 4) is 0 Å². The van der Waals surface area contributed by atoms with Crippen molar-refractivity contribution in [2.24, 2.45) is 5.92 Å². The van der Waals surface area contributed by atoms with Crippen LogP contribution in [0.2, 0.25) is 0 Å². The number of halogens is 1. The normalized spacial score (nSPS) is 12.8. The Morgan fingerprint density at radius 3 is 2.23 bits per heavy atom. The van der Waals surface area contributed by atoms with Gasteiger partial charge in [-0.3, -0.25) is 4.79 Å². The van der Waals surface area contributed by atoms with Crippen LogP contribution in [0.4, 0.5) is 0 Å². The summed E-state index contributed by atoms with van der Waals surface area (Å²) in [5.74, 6) is -0.0531. The number of carbonyl (C=O) groups is 1. The number of benzene rings is 2. The van der Waals surface area contributed by atoms with Crippen LogP contribution in [-0.2, 0) is 21.2 Å². The van der Waals surface area contributed by atoms with E-state index in [9.17, 15) is 13.2 Å². The number of rotatable bonds is 8. The summed E-state index contributed by atoms with van der Waals surface area (Å²) in [4.78, 5) is 12.7. The molecule has 2 N–H and O–H groups in total. The van der Waals surface area contributed by atoms with Crippen molar-refractivity contribution in [2.45, 2.75) is 31.2 Å². The van der Waals surface area contributed by atoms with E-state index in [1.165, 1.54) is 12.1 Å². The largest absolute Gasteiger partial charge is 0.354 e. The Bertz CT molecular complexity index is 822. The van der Waals surface area contributed by atoms with Crippen molar-refractivity contribution < 1.29 is 13.2 Å². The molecule has 0 aliphatic carbocycles. The number of hydrogen-bond acceptors (Lipinski definition) is 3. The average Bonchev–Trinajstić information content (AvgIpc) is 2.60. The minimum absolute atomic E-state index is 0.121. The lowest BCUT2D eigenvalue weighted by Crippen LogP contribution is -2.48. The summed E-state index contributed by atoms with van der Waals surface area (Å²) < 4.78 is 28.7. The van der Waals surface area contributed by atoms with Gasteiger partial charge in [-0.2, -0.15) is 4.72 Å². The van der Waals surface area contributed by atoms with Gasteiger partial charge in [-0.05, 0) is 42.2 Å². The first-order chi connectivity index (χ1) is 12.3. The molecule has 0 saturated carbocycles. The van der Waals surface area contributed by atoms with Crippen LogP contribution in [-0.4, -0.2) is 26.9 Å². The van der Waals surface area contributed by atoms with Crippen LogP contribution < -0.4 is 10.0 Å². The SMILES string of the molecule is CC(C)CNC(=O)[C@H](Cc1ccccc1)NS(=O)(=O)c1ccc(Br)cc1. The maximum Gasteiger partial charge on any atom is 0.241 e. The molecular formula is C19H23BrN2O3S. The van der Waals surface area contributed by atoms with Crippen molar-refractivity contribution in [1.29, 1.82) is 0 Å². The van der Waals surface area contributed by atoms with E-state index in [0.29, 0.717) is 6.54 Å². The Hall–Kier alpha value is -1.70. The molecule has 7 heteroatoms. The van der Waals surface area contributed by atoms with Gasteiger partial charge in [0.1, 0.15) is 6.04 Å². The van der Waals surface area contributed by atoms with Gasteiger partial charge in [-0.25, -0.2) is 8.42 Å². The van der Waals surface area contributed by atoms with Crippen molar-refractivity contribution in [2.75, 3.05) is 6.54 Å². The lowest BCUT2D eigenvalue weighted by Gasteiger charge is -2.19. The molecule has 0 aliphatic heterocycles. The molecule has 0 bridgehead atoms. The number of nitrogens with one attached hydrogen (secondary N) is 2. The molecule has 0 saturated heterocycles. The molecule has 5 nitrogen and oxygen atoms in total. The van der Waals surface area contributed by atoms with Gasteiger partial charge in [0, 0.05) is 11.0 Å². The van der Waals surface area contributed by atoms with Gasteiger partial charge in [0.15, 0.2) is 0 Å². The molecule has 0 radical (unpaired) electrons. The molecule has 140 valence electrons. The summed E-state index contributed by atoms with van der Waals surface area (Å²) >= 11 is 3.29. The Morgan fingerprint density at radius 1 is 1.04 bits per heavy atom. The summed E-state index contributed by atoms with van der Waals surface area (Å²) in [5.41, 5.74) is 0.885. The summed E-state index contributed by atoms with van der Waals surface area (Å²) in [6, 6.07) is 14.8. The van der Waals surface area contributed by atoms with Crippen LogP contribution in [0.3, 0.4) is 0 Å². The molecule has 0 fully saturated rings. The number of carbonyl (C=O) groups excluding carboxylic acids is 1. The van der Waals surface area contributed by atoms with E-state index in [1.54, 1.807) is 12.1 Å². The molecular weight excluding hydrogens is 416 g/mol. The highest BCUT2D eigenvalue weighted by atomic mass is 79.9. The quantitative estimate of drug-likeness (QED) is 0.664. The van der Waals surface area contributed by atoms with Gasteiger partial charge in [0.2, 0.25) is 15.9 Å². The van der Waals surface area contributed by atoms with E-state index < -0.39 is 16.1 Å². The summed E-state index contributed by atoms with van der Waals surface area (Å²) in [6.45, 7) is 4.46. The van der Waals surface area contributed by atoms with E-state index >= 15 is 0 Å². The first kappa shape index (κ1) is 20.6. The van der Waals surface area contributed by atoms with Gasteiger partial charge < -0.3 is 5.32 Å². The summed E-state index contributed by atoms with van der Waals surface area (Å²) in [5, 5.41) is 2.81. The predicted octanol–water partition coefficient (Wildman–Crippen LogP) is 3.11. The molecule has 0 unspecified atom stereocenters. The Morgan fingerprint density at radius 2 is 1.65 bits per heavy atom. The molecule has 1 amide bonds. The number of hydrogen-bond donors (Lipinski definition) is 2. The van der Waals surface area contributed by atoms with Gasteiger partial charge in [-0.1, -0.05) is 60.1 Å². The monoisotopic (exact) mass is 438 g/mol. The van der Waals surface area contributed by atoms with Crippen molar-refractivity contribution in [3.05, 3.63) is 64.6 Å². The topological polar surface area (TPSA) is 75.3 Å². The van der Waals surface area contributed by atoms with E-state index in [4.69, 9.17) is 0 Å². The van der Waals surface area contributed by atoms with E-state index in [0.717, 1.165) is 10.0 Å². The average molecular weight is 439 g/mol. The fourth-order valence-corrected chi connectivity index (χ4v) is 3.79. The van der Waals surface area contributed by atoms with E-state index in [1.807, 2.05) is 44.2 Å². The van der Waals surface area contributed by atoms with Crippen LogP contribution in [0, 0.1) is 5.92 Å². The maximum atomic E-state index is 12.7. The fraction of sp³-hybridized carbons (Fsp3) is 0.316. The predicted molar refractivity (Wildman–Crippen MR) is 106 cm³/mol. The lowest BCUT2D eigenvalue weighted by molar-refractivity contribution is -0.122. The fourth-order valence-electron chi connectivity index (χ4n) is 2.33. The first-order valence-electron chi connectivity index (χ1n) is 8.37. The highest BCUT2D eigenvalue weighted by Crippen LogP contribution is 2.15. The zero-order valence-corrected chi connectivity index (χ0v) is 17.2. The van der Waals surface area contributed by atoms with Crippen LogP contribution in [0.15, 0.2) is 64.0 Å². The minimum Gasteiger partial charge on any atom is -0.354 e. The van der Waals surface area contributed by atoms with Gasteiger partial charge in [0.05, 0.1) is 4.90 Å². The highest BCUT2D eigenvalue weighted by Gasteiger charge is 2.26. The molecule has 1 atom stereocenters. The van der Waals surface area contributed by atoms with E-state index in [-0.39, 0.29) is 23.1 Å². The molecule has 0 spiro atoms. The van der Waals surface area contributed by atoms with Gasteiger partial charge >= 0.3 is 0 Å². The third-order valence-corrected chi connectivity index (χ3v) is 5.72. The molecule has 2 aromatic rings. The molecule has 0 heterocycles. The Kier molecular flexibility index (Phi) is 7.37. The van der Waals surface area contributed by atoms with Crippen molar-refractivity contribution in [3.63, 3.8) is 0 Å². The lowest BCUT2D eigenvalue weighted by atomic mass is 10.1. The van der Waals surface area contributed by atoms with Crippen LogP contribution in [0.1, 0.15) is 19.4 Å². The molecule has 0 aliphatic rings. The second-order valence-corrected chi connectivity index (χ2v) is 9.09. The zero-order valence-electron chi connectivity index (χ0n) is 14.8. The second kappa shape index (κ2) is 9.30. The number of sulfonamides is 1. The highest BCUT2D eigenvalue weighted by molar-refractivity contribution is 9.10. The third-order valence-electron chi connectivity index (χ3n) is 3.71. The molecule has 2 aromatic carbocycles. The molecule has 2 rings (SSSR count). The Balaban J connectivity index is 2.21. The van der Waals surface area contributed by atoms with Crippen molar-refractivity contribution >= 4 is 31.9 Å². The van der Waals surface area contributed by atoms with E-state index in [2.05, 4.69) is 26.0 Å². The second-order valence-electron chi connectivity index (χ2n) is 6.46. The first-order valence-corrected chi connectivity index (χ1v) is 10.6. The van der Waals surface area contributed by atoms with Crippen LogP contribution in [0.5, 0.6) is 0 Å². The number of amides is 1. The third kappa shape index (κ3) is 6.23. The smallest absolute Gasteiger partial charge is 0.241 e. The zero-order chi connectivity index (χ0) is 19.2. The molecule has 26 heavy (non-hydrogen) atoms. The molecule has 0 aromatic heterocycles. The minimum atomic E-state index is -3.81. The summed E-state index contributed by atoms with van der Waals surface area (Å²) in [6.07, 6.45) is 0.278. The van der Waals surface area contributed by atoms with Crippen LogP contribution >= 0.6 is 15.9 Å². The standard InChI is InChI=1S/C19H23BrN2O3S/c1-14(2)13-21-19(23)18(12-15-6-4-3-5-7-15)22-26(24,25)17-10-8-16(20)9-11-17/h3-11,14,18,22H,12-13H2,1-2H3,(H,21,23)/t18-/m0/s1. The van der Waals surface area contributed by atoms with Crippen LogP contribution in [0.25, 0.3) is 0 Å². The Labute approximate surface area is 163 Å². The van der Waals surface area contributed by atoms with Gasteiger partial charge in [-0.15, -0.1) is 0 Å². The maximum absolute atomic E-state index is 12.7. The summed E-state index contributed by atoms with van der Waals surface area (Å²) in [7, 11) is -3.81. The van der Waals surface area contributed by atoms with Gasteiger partial charge in [0.25, 0.3) is 0 Å². The van der Waals surface area contributed by atoms with Crippen molar-refractivity contribution in [1.82, 2.24) is 10.0 Å².